The SMILES string of the molecule is CCC(Nc1ccc(C)c(O)c1)c1cc(Br)ccc1O. The first-order chi connectivity index (χ1) is 9.51. The Balaban J connectivity index is 2.28. The van der Waals surface area contributed by atoms with Gasteiger partial charge in [0.2, 0.25) is 0 Å². The van der Waals surface area contributed by atoms with Gasteiger partial charge in [-0.2, -0.15) is 0 Å². The number of hydrogen-bond donors (Lipinski definition) is 3. The number of hydrogen-bond acceptors (Lipinski definition) is 3. The molecule has 0 saturated heterocycles. The summed E-state index contributed by atoms with van der Waals surface area (Å²) in [4.78, 5) is 0. The highest BCUT2D eigenvalue weighted by Gasteiger charge is 2.14. The van der Waals surface area contributed by atoms with Gasteiger partial charge in [0.1, 0.15) is 11.5 Å². The van der Waals surface area contributed by atoms with Crippen molar-refractivity contribution in [1.82, 2.24) is 0 Å². The summed E-state index contributed by atoms with van der Waals surface area (Å²) < 4.78 is 0.928. The van der Waals surface area contributed by atoms with Gasteiger partial charge in [0, 0.05) is 21.8 Å². The third-order valence-electron chi connectivity index (χ3n) is 3.32. The Labute approximate surface area is 127 Å². The topological polar surface area (TPSA) is 52.5 Å². The van der Waals surface area contributed by atoms with Crippen LogP contribution in [0.4, 0.5) is 5.69 Å². The van der Waals surface area contributed by atoms with Crippen LogP contribution < -0.4 is 5.32 Å². The number of halogens is 1. The Morgan fingerprint density at radius 1 is 1.10 bits per heavy atom. The van der Waals surface area contributed by atoms with Crippen LogP contribution in [0.3, 0.4) is 0 Å². The van der Waals surface area contributed by atoms with Crippen LogP contribution in [0.2, 0.25) is 0 Å². The molecule has 20 heavy (non-hydrogen) atoms. The van der Waals surface area contributed by atoms with E-state index < -0.39 is 0 Å². The monoisotopic (exact) mass is 335 g/mol. The minimum atomic E-state index is -0.0189. The van der Waals surface area contributed by atoms with Crippen molar-refractivity contribution in [2.24, 2.45) is 0 Å². The van der Waals surface area contributed by atoms with E-state index in [0.29, 0.717) is 0 Å². The van der Waals surface area contributed by atoms with Crippen molar-refractivity contribution < 1.29 is 10.2 Å². The largest absolute Gasteiger partial charge is 0.508 e. The standard InChI is InChI=1S/C16H18BrNO2/c1-3-14(13-8-11(17)5-7-15(13)19)18-12-6-4-10(2)16(20)9-12/h4-9,14,18-20H,3H2,1-2H3. The molecule has 0 aliphatic heterocycles. The summed E-state index contributed by atoms with van der Waals surface area (Å²) in [5.41, 5.74) is 2.51. The van der Waals surface area contributed by atoms with Crippen molar-refractivity contribution >= 4 is 21.6 Å². The molecule has 0 aliphatic carbocycles. The Morgan fingerprint density at radius 2 is 1.85 bits per heavy atom. The first-order valence-electron chi connectivity index (χ1n) is 6.55. The molecule has 3 nitrogen and oxygen atoms in total. The van der Waals surface area contributed by atoms with E-state index in [1.165, 1.54) is 0 Å². The number of phenolic OH excluding ortho intramolecular Hbond substituents is 2. The van der Waals surface area contributed by atoms with Crippen molar-refractivity contribution in [2.75, 3.05) is 5.32 Å². The number of aromatic hydroxyl groups is 2. The minimum Gasteiger partial charge on any atom is -0.508 e. The van der Waals surface area contributed by atoms with E-state index in [1.54, 1.807) is 12.1 Å². The molecule has 2 rings (SSSR count). The van der Waals surface area contributed by atoms with Gasteiger partial charge in [-0.3, -0.25) is 0 Å². The first kappa shape index (κ1) is 14.7. The van der Waals surface area contributed by atoms with E-state index in [-0.39, 0.29) is 17.5 Å². The fourth-order valence-electron chi connectivity index (χ4n) is 2.10. The Bertz CT molecular complexity index is 613. The summed E-state index contributed by atoms with van der Waals surface area (Å²) in [6.45, 7) is 3.91. The van der Waals surface area contributed by atoms with Crippen LogP contribution in [0, 0.1) is 6.92 Å². The molecule has 0 amide bonds. The highest BCUT2D eigenvalue weighted by Crippen LogP contribution is 2.32. The van der Waals surface area contributed by atoms with Crippen molar-refractivity contribution in [2.45, 2.75) is 26.3 Å². The molecule has 0 spiro atoms. The molecule has 1 unspecified atom stereocenters. The lowest BCUT2D eigenvalue weighted by Crippen LogP contribution is -2.10. The van der Waals surface area contributed by atoms with Gasteiger partial charge in [-0.15, -0.1) is 0 Å². The quantitative estimate of drug-likeness (QED) is 0.756. The number of aryl methyl sites for hydroxylation is 1. The van der Waals surface area contributed by atoms with E-state index >= 15 is 0 Å². The van der Waals surface area contributed by atoms with Gasteiger partial charge >= 0.3 is 0 Å². The van der Waals surface area contributed by atoms with Crippen LogP contribution in [0.1, 0.15) is 30.5 Å². The minimum absolute atomic E-state index is 0.0189. The van der Waals surface area contributed by atoms with Gasteiger partial charge in [0.15, 0.2) is 0 Å². The van der Waals surface area contributed by atoms with E-state index in [1.807, 2.05) is 38.1 Å². The zero-order valence-electron chi connectivity index (χ0n) is 11.5. The van der Waals surface area contributed by atoms with Crippen molar-refractivity contribution in [3.05, 3.63) is 52.0 Å². The smallest absolute Gasteiger partial charge is 0.120 e. The Hall–Kier alpha value is -1.68. The lowest BCUT2D eigenvalue weighted by atomic mass is 10.0. The lowest BCUT2D eigenvalue weighted by molar-refractivity contribution is 0.462. The highest BCUT2D eigenvalue weighted by atomic mass is 79.9. The summed E-state index contributed by atoms with van der Waals surface area (Å²) in [5, 5.41) is 23.1. The average Bonchev–Trinajstić information content (AvgIpc) is 2.43. The summed E-state index contributed by atoms with van der Waals surface area (Å²) in [5.74, 6) is 0.534. The third kappa shape index (κ3) is 3.25. The van der Waals surface area contributed by atoms with E-state index in [0.717, 1.165) is 27.7 Å². The normalized spacial score (nSPS) is 12.2. The van der Waals surface area contributed by atoms with Crippen LogP contribution >= 0.6 is 15.9 Å². The van der Waals surface area contributed by atoms with Crippen LogP contribution in [0.5, 0.6) is 11.5 Å². The van der Waals surface area contributed by atoms with Crippen molar-refractivity contribution in [3.8, 4) is 11.5 Å². The lowest BCUT2D eigenvalue weighted by Gasteiger charge is -2.20. The third-order valence-corrected chi connectivity index (χ3v) is 3.82. The van der Waals surface area contributed by atoms with Gasteiger partial charge in [0.25, 0.3) is 0 Å². The summed E-state index contributed by atoms with van der Waals surface area (Å²) in [7, 11) is 0. The van der Waals surface area contributed by atoms with Gasteiger partial charge in [-0.25, -0.2) is 0 Å². The number of phenols is 2. The van der Waals surface area contributed by atoms with Gasteiger partial charge < -0.3 is 15.5 Å². The number of rotatable bonds is 4. The van der Waals surface area contributed by atoms with Crippen LogP contribution in [-0.4, -0.2) is 10.2 Å². The summed E-state index contributed by atoms with van der Waals surface area (Å²) >= 11 is 3.42. The number of nitrogens with one attached hydrogen (secondary N) is 1. The van der Waals surface area contributed by atoms with E-state index in [4.69, 9.17) is 0 Å². The maximum Gasteiger partial charge on any atom is 0.120 e. The molecule has 0 saturated carbocycles. The molecular weight excluding hydrogens is 318 g/mol. The fourth-order valence-corrected chi connectivity index (χ4v) is 2.48. The predicted octanol–water partition coefficient (Wildman–Crippen LogP) is 4.73. The van der Waals surface area contributed by atoms with Crippen LogP contribution in [0.25, 0.3) is 0 Å². The van der Waals surface area contributed by atoms with Crippen molar-refractivity contribution in [3.63, 3.8) is 0 Å². The molecule has 0 radical (unpaired) electrons. The fraction of sp³-hybridized carbons (Fsp3) is 0.250. The second-order valence-electron chi connectivity index (χ2n) is 4.81. The zero-order valence-corrected chi connectivity index (χ0v) is 13.1. The molecule has 4 heteroatoms. The van der Waals surface area contributed by atoms with Gasteiger partial charge in [-0.1, -0.05) is 28.9 Å². The first-order valence-corrected chi connectivity index (χ1v) is 7.35. The molecule has 3 N–H and O–H groups in total. The number of anilines is 1. The summed E-state index contributed by atoms with van der Waals surface area (Å²) in [6.07, 6.45) is 0.818. The molecule has 0 aromatic heterocycles. The second kappa shape index (κ2) is 6.18. The maximum absolute atomic E-state index is 10.0. The molecule has 106 valence electrons. The van der Waals surface area contributed by atoms with Gasteiger partial charge in [-0.05, 0) is 43.2 Å². The average molecular weight is 336 g/mol. The molecule has 0 aliphatic rings. The van der Waals surface area contributed by atoms with E-state index in [9.17, 15) is 10.2 Å². The highest BCUT2D eigenvalue weighted by molar-refractivity contribution is 9.10. The molecule has 0 bridgehead atoms. The molecule has 2 aromatic carbocycles. The Kier molecular flexibility index (Phi) is 4.55. The predicted molar refractivity (Wildman–Crippen MR) is 85.3 cm³/mol. The molecular formula is C16H18BrNO2. The van der Waals surface area contributed by atoms with Crippen LogP contribution in [0.15, 0.2) is 40.9 Å². The Morgan fingerprint density at radius 3 is 2.50 bits per heavy atom. The van der Waals surface area contributed by atoms with E-state index in [2.05, 4.69) is 21.2 Å². The molecule has 2 aromatic rings. The zero-order chi connectivity index (χ0) is 14.7. The van der Waals surface area contributed by atoms with Crippen molar-refractivity contribution in [1.29, 1.82) is 0 Å². The van der Waals surface area contributed by atoms with Crippen LogP contribution in [-0.2, 0) is 0 Å². The molecule has 0 heterocycles. The second-order valence-corrected chi connectivity index (χ2v) is 5.73. The molecule has 0 fully saturated rings. The summed E-state index contributed by atoms with van der Waals surface area (Å²) in [6, 6.07) is 10.9. The molecule has 1 atom stereocenters. The maximum atomic E-state index is 10.0. The van der Waals surface area contributed by atoms with Gasteiger partial charge in [0.05, 0.1) is 6.04 Å². The number of benzene rings is 2.